The van der Waals surface area contributed by atoms with E-state index in [4.69, 9.17) is 9.79 Å². The fraction of sp³-hybridized carbons (Fsp3) is 0.929. The average molecular weight is 730 g/mol. The third-order valence-electron chi connectivity index (χ3n) is 10.0. The van der Waals surface area contributed by atoms with Crippen molar-refractivity contribution in [2.75, 3.05) is 6.61 Å². The van der Waals surface area contributed by atoms with Crippen molar-refractivity contribution >= 4 is 13.7 Å². The Kier molecular flexibility index (Phi) is 37.5. The first-order valence-corrected chi connectivity index (χ1v) is 23.2. The van der Waals surface area contributed by atoms with Crippen LogP contribution in [0.1, 0.15) is 232 Å². The molecule has 0 aromatic heterocycles. The van der Waals surface area contributed by atoms with Crippen LogP contribution in [-0.2, 0) is 13.9 Å². The monoisotopic (exact) mass is 730 g/mol. The average Bonchev–Trinajstić information content (AvgIpc) is 3.08. The third kappa shape index (κ3) is 38.5. The Morgan fingerprint density at radius 1 is 0.560 bits per heavy atom. The molecule has 0 unspecified atom stereocenters. The molecule has 298 valence electrons. The Morgan fingerprint density at radius 2 is 0.900 bits per heavy atom. The number of rotatable bonds is 40. The van der Waals surface area contributed by atoms with E-state index < -0.39 is 26.6 Å². The second-order valence-corrected chi connectivity index (χ2v) is 16.3. The molecule has 0 aliphatic carbocycles. The molecule has 0 heterocycles. The van der Waals surface area contributed by atoms with Gasteiger partial charge in [-0.3, -0.25) is 9.32 Å². The molecule has 0 radical (unpaired) electrons. The molecule has 2 atom stereocenters. The van der Waals surface area contributed by atoms with E-state index in [1.54, 1.807) is 0 Å². The summed E-state index contributed by atoms with van der Waals surface area (Å²) in [5.41, 5.74) is 0. The number of carbonyl (C=O) groups is 1. The van der Waals surface area contributed by atoms with Crippen molar-refractivity contribution in [3.8, 4) is 0 Å². The fourth-order valence-electron chi connectivity index (χ4n) is 6.69. The van der Waals surface area contributed by atoms with E-state index in [-0.39, 0.29) is 5.91 Å². The maximum atomic E-state index is 12.6. The maximum absolute atomic E-state index is 12.6. The summed E-state index contributed by atoms with van der Waals surface area (Å²) in [6.07, 6.45) is 44.8. The predicted molar refractivity (Wildman–Crippen MR) is 213 cm³/mol. The molecule has 50 heavy (non-hydrogen) atoms. The second-order valence-electron chi connectivity index (χ2n) is 15.0. The molecule has 1 amide bonds. The van der Waals surface area contributed by atoms with Crippen LogP contribution in [0.25, 0.3) is 0 Å². The van der Waals surface area contributed by atoms with E-state index in [9.17, 15) is 14.5 Å². The molecule has 7 nitrogen and oxygen atoms in total. The van der Waals surface area contributed by atoms with E-state index >= 15 is 0 Å². The van der Waals surface area contributed by atoms with Crippen molar-refractivity contribution in [2.24, 2.45) is 0 Å². The van der Waals surface area contributed by atoms with E-state index in [0.717, 1.165) is 38.5 Å². The highest BCUT2D eigenvalue weighted by molar-refractivity contribution is 7.46. The van der Waals surface area contributed by atoms with Crippen LogP contribution in [-0.4, -0.2) is 39.6 Å². The SMILES string of the molecule is CCCCCCCC/C=C/CCCCCCCCCCCCCC(=O)N[C@@H](COP(=O)(O)O)[C@H](O)CCCCCCCCCCCCCCC. The standard InChI is InChI=1S/C42H84NO6P/c1-3-5-7-9-11-13-15-17-18-19-20-21-22-23-24-26-28-30-32-34-36-38-42(45)43-40(39-49-50(46,47)48)41(44)37-35-33-31-29-27-25-16-14-12-10-8-6-4-2/h17-18,40-41,44H,3-16,19-39H2,1-2H3,(H,43,45)(H2,46,47,48)/b18-17+/t40-,41+/m0/s1. The van der Waals surface area contributed by atoms with E-state index in [0.29, 0.717) is 12.8 Å². The number of aliphatic hydroxyl groups excluding tert-OH is 1. The van der Waals surface area contributed by atoms with Crippen LogP contribution in [0, 0.1) is 0 Å². The Morgan fingerprint density at radius 3 is 1.28 bits per heavy atom. The molecule has 0 rings (SSSR count). The minimum atomic E-state index is -4.69. The zero-order chi connectivity index (χ0) is 36.8. The van der Waals surface area contributed by atoms with Gasteiger partial charge in [-0.2, -0.15) is 0 Å². The summed E-state index contributed by atoms with van der Waals surface area (Å²) in [6.45, 7) is 4.13. The van der Waals surface area contributed by atoms with Gasteiger partial charge in [0, 0.05) is 6.42 Å². The lowest BCUT2D eigenvalue weighted by Crippen LogP contribution is -2.46. The first kappa shape index (κ1) is 49.3. The highest BCUT2D eigenvalue weighted by Crippen LogP contribution is 2.36. The van der Waals surface area contributed by atoms with Crippen LogP contribution < -0.4 is 5.32 Å². The van der Waals surface area contributed by atoms with Gasteiger partial charge in [0.15, 0.2) is 0 Å². The summed E-state index contributed by atoms with van der Waals surface area (Å²) in [7, 11) is -4.69. The van der Waals surface area contributed by atoms with Crippen LogP contribution in [0.2, 0.25) is 0 Å². The predicted octanol–water partition coefficient (Wildman–Crippen LogP) is 12.8. The lowest BCUT2D eigenvalue weighted by Gasteiger charge is -2.24. The van der Waals surface area contributed by atoms with Crippen molar-refractivity contribution in [1.29, 1.82) is 0 Å². The zero-order valence-corrected chi connectivity index (χ0v) is 34.0. The number of nitrogens with one attached hydrogen (secondary N) is 1. The van der Waals surface area contributed by atoms with Gasteiger partial charge in [-0.25, -0.2) is 4.57 Å². The number of amides is 1. The van der Waals surface area contributed by atoms with E-state index in [2.05, 4.69) is 35.8 Å². The lowest BCUT2D eigenvalue weighted by atomic mass is 10.0. The van der Waals surface area contributed by atoms with Crippen LogP contribution in [0.3, 0.4) is 0 Å². The molecule has 0 aliphatic rings. The topological polar surface area (TPSA) is 116 Å². The summed E-state index contributed by atoms with van der Waals surface area (Å²) in [4.78, 5) is 30.9. The third-order valence-corrected chi connectivity index (χ3v) is 10.5. The summed E-state index contributed by atoms with van der Waals surface area (Å²) in [6, 6.07) is -0.821. The molecule has 4 N–H and O–H groups in total. The van der Waals surface area contributed by atoms with Gasteiger partial charge in [0.2, 0.25) is 5.91 Å². The summed E-state index contributed by atoms with van der Waals surface area (Å²) < 4.78 is 16.0. The first-order valence-electron chi connectivity index (χ1n) is 21.6. The molecule has 0 spiro atoms. The number of unbranched alkanes of at least 4 members (excludes halogenated alkanes) is 29. The van der Waals surface area contributed by atoms with Gasteiger partial charge in [0.05, 0.1) is 18.8 Å². The molecule has 0 aliphatic heterocycles. The highest BCUT2D eigenvalue weighted by Gasteiger charge is 2.25. The zero-order valence-electron chi connectivity index (χ0n) is 33.1. The molecule has 0 bridgehead atoms. The number of aliphatic hydroxyl groups is 1. The largest absolute Gasteiger partial charge is 0.469 e. The molecular formula is C42H84NO6P. The quantitative estimate of drug-likeness (QED) is 0.0283. The number of phosphoric ester groups is 1. The first-order chi connectivity index (χ1) is 24.3. The van der Waals surface area contributed by atoms with Gasteiger partial charge in [0.1, 0.15) is 0 Å². The number of allylic oxidation sites excluding steroid dienone is 2. The normalized spacial score (nSPS) is 13.3. The van der Waals surface area contributed by atoms with E-state index in [1.165, 1.54) is 167 Å². The molecule has 8 heteroatoms. The summed E-state index contributed by atoms with van der Waals surface area (Å²) >= 11 is 0. The molecule has 0 fully saturated rings. The number of phosphoric acid groups is 1. The van der Waals surface area contributed by atoms with Crippen molar-refractivity contribution in [3.05, 3.63) is 12.2 Å². The Bertz CT molecular complexity index is 788. The molecule has 0 saturated carbocycles. The van der Waals surface area contributed by atoms with Gasteiger partial charge >= 0.3 is 7.82 Å². The van der Waals surface area contributed by atoms with Gasteiger partial charge in [-0.1, -0.05) is 199 Å². The molecule has 0 aromatic rings. The van der Waals surface area contributed by atoms with E-state index in [1.807, 2.05) is 0 Å². The number of hydrogen-bond donors (Lipinski definition) is 4. The second kappa shape index (κ2) is 38.0. The minimum absolute atomic E-state index is 0.193. The highest BCUT2D eigenvalue weighted by atomic mass is 31.2. The Labute approximate surface area is 310 Å². The Hall–Kier alpha value is -0.720. The van der Waals surface area contributed by atoms with Gasteiger partial charge < -0.3 is 20.2 Å². The number of carbonyl (C=O) groups excluding carboxylic acids is 1. The van der Waals surface area contributed by atoms with Gasteiger partial charge in [-0.05, 0) is 38.5 Å². The van der Waals surface area contributed by atoms with Crippen LogP contribution in [0.15, 0.2) is 12.2 Å². The molecule has 0 aromatic carbocycles. The number of hydrogen-bond acceptors (Lipinski definition) is 4. The van der Waals surface area contributed by atoms with Gasteiger partial charge in [0.25, 0.3) is 0 Å². The van der Waals surface area contributed by atoms with Crippen LogP contribution in [0.5, 0.6) is 0 Å². The van der Waals surface area contributed by atoms with Crippen molar-refractivity contribution in [3.63, 3.8) is 0 Å². The minimum Gasteiger partial charge on any atom is -0.391 e. The smallest absolute Gasteiger partial charge is 0.391 e. The molecule has 0 saturated heterocycles. The summed E-state index contributed by atoms with van der Waals surface area (Å²) in [5, 5.41) is 13.5. The van der Waals surface area contributed by atoms with Gasteiger partial charge in [-0.15, -0.1) is 0 Å². The lowest BCUT2D eigenvalue weighted by molar-refractivity contribution is -0.123. The summed E-state index contributed by atoms with van der Waals surface area (Å²) in [5.74, 6) is -0.193. The van der Waals surface area contributed by atoms with Crippen molar-refractivity contribution in [1.82, 2.24) is 5.32 Å². The maximum Gasteiger partial charge on any atom is 0.469 e. The van der Waals surface area contributed by atoms with Crippen molar-refractivity contribution in [2.45, 2.75) is 244 Å². The fourth-order valence-corrected chi connectivity index (χ4v) is 7.05. The molecular weight excluding hydrogens is 645 g/mol. The van der Waals surface area contributed by atoms with Crippen molar-refractivity contribution < 1.29 is 28.8 Å². The Balaban J connectivity index is 3.84. The van der Waals surface area contributed by atoms with Crippen LogP contribution >= 0.6 is 7.82 Å². The van der Waals surface area contributed by atoms with Crippen LogP contribution in [0.4, 0.5) is 0 Å².